The van der Waals surface area contributed by atoms with Crippen LogP contribution in [-0.2, 0) is 22.7 Å². The monoisotopic (exact) mass is 539 g/mol. The molecule has 0 aliphatic rings. The van der Waals surface area contributed by atoms with Gasteiger partial charge in [-0.25, -0.2) is 4.79 Å². The summed E-state index contributed by atoms with van der Waals surface area (Å²) in [5.74, 6) is 0.158. The highest BCUT2D eigenvalue weighted by molar-refractivity contribution is 8.44. The number of carboxylic acid groups (broad SMARTS) is 1. The Kier molecular flexibility index (Phi) is 11.1. The van der Waals surface area contributed by atoms with Crippen LogP contribution < -0.4 is 16.4 Å². The Morgan fingerprint density at radius 1 is 1.00 bits per heavy atom. The highest BCUT2D eigenvalue weighted by atomic mass is 32.3. The minimum absolute atomic E-state index is 0.00464. The molecule has 0 fully saturated rings. The topological polar surface area (TPSA) is 142 Å². The molecule has 37 heavy (non-hydrogen) atoms. The second kappa shape index (κ2) is 12.5. The van der Waals surface area contributed by atoms with Crippen LogP contribution in [0.5, 0.6) is 5.75 Å². The Hall–Kier alpha value is -2.26. The van der Waals surface area contributed by atoms with E-state index in [1.165, 1.54) is 0 Å². The number of carbonyl (C=O) groups is 3. The van der Waals surface area contributed by atoms with Gasteiger partial charge in [-0.1, -0.05) is 47.6 Å². The normalized spacial score (nSPS) is 15.8. The van der Waals surface area contributed by atoms with Crippen LogP contribution in [0.4, 0.5) is 4.79 Å². The highest BCUT2D eigenvalue weighted by Gasteiger charge is 2.35. The molecule has 0 aliphatic heterocycles. The van der Waals surface area contributed by atoms with Crippen molar-refractivity contribution in [1.82, 2.24) is 10.6 Å². The van der Waals surface area contributed by atoms with Gasteiger partial charge in [-0.15, -0.1) is 10.0 Å². The predicted octanol–water partition coefficient (Wildman–Crippen LogP) is 4.96. The first kappa shape index (κ1) is 32.8. The molecule has 0 aliphatic carbocycles. The van der Waals surface area contributed by atoms with Crippen LogP contribution in [0, 0.1) is 16.7 Å². The Labute approximate surface area is 224 Å². The second-order valence-electron chi connectivity index (χ2n) is 13.3. The van der Waals surface area contributed by atoms with Crippen molar-refractivity contribution in [2.24, 2.45) is 22.5 Å². The summed E-state index contributed by atoms with van der Waals surface area (Å²) in [5, 5.41) is 24.9. The summed E-state index contributed by atoms with van der Waals surface area (Å²) < 4.78 is 0. The Balaban J connectivity index is 2.78. The first-order valence-electron chi connectivity index (χ1n) is 12.7. The lowest BCUT2D eigenvalue weighted by molar-refractivity contribution is -0.129. The van der Waals surface area contributed by atoms with Gasteiger partial charge in [0.1, 0.15) is 5.75 Å². The van der Waals surface area contributed by atoms with E-state index in [4.69, 9.17) is 5.73 Å². The van der Waals surface area contributed by atoms with E-state index in [1.807, 2.05) is 0 Å². The quantitative estimate of drug-likeness (QED) is 0.269. The smallest absolute Gasteiger partial charge is 0.347 e. The number of amides is 2. The van der Waals surface area contributed by atoms with E-state index in [0.29, 0.717) is 17.9 Å². The van der Waals surface area contributed by atoms with Gasteiger partial charge in [0, 0.05) is 42.3 Å². The third-order valence-corrected chi connectivity index (χ3v) is 9.49. The number of carbonyl (C=O) groups excluding carboxylic acids is 2. The van der Waals surface area contributed by atoms with E-state index < -0.39 is 20.9 Å². The van der Waals surface area contributed by atoms with Crippen molar-refractivity contribution in [2.45, 2.75) is 86.9 Å². The van der Waals surface area contributed by atoms with Gasteiger partial charge in [-0.05, 0) is 60.8 Å². The van der Waals surface area contributed by atoms with Crippen molar-refractivity contribution in [1.29, 1.82) is 0 Å². The molecular weight excluding hydrogens is 490 g/mol. The van der Waals surface area contributed by atoms with Crippen LogP contribution in [0.3, 0.4) is 0 Å². The van der Waals surface area contributed by atoms with Crippen molar-refractivity contribution < 1.29 is 24.6 Å². The van der Waals surface area contributed by atoms with Crippen LogP contribution in [0.15, 0.2) is 18.2 Å². The second-order valence-corrected chi connectivity index (χ2v) is 16.9. The number of benzene rings is 1. The van der Waals surface area contributed by atoms with E-state index in [0.717, 1.165) is 12.0 Å². The molecule has 8 nitrogen and oxygen atoms in total. The van der Waals surface area contributed by atoms with Crippen LogP contribution in [0.25, 0.3) is 0 Å². The molecule has 0 bridgehead atoms. The fourth-order valence-corrected chi connectivity index (χ4v) is 6.97. The molecule has 1 aromatic carbocycles. The number of aromatic hydroxyl groups is 1. The predicted molar refractivity (Wildman–Crippen MR) is 153 cm³/mol. The Bertz CT molecular complexity index is 960. The number of phenolic OH excluding ortho intramolecular Hbond substituents is 1. The number of nitrogens with one attached hydrogen (secondary N) is 2. The molecule has 2 unspecified atom stereocenters. The molecule has 0 radical (unpaired) electrons. The zero-order valence-corrected chi connectivity index (χ0v) is 25.0. The summed E-state index contributed by atoms with van der Waals surface area (Å²) in [6.07, 6.45) is 2.51. The average Bonchev–Trinajstić information content (AvgIpc) is 2.71. The maximum Gasteiger partial charge on any atom is 0.347 e. The molecule has 0 saturated heterocycles. The van der Waals surface area contributed by atoms with Crippen LogP contribution in [-0.4, -0.2) is 50.6 Å². The van der Waals surface area contributed by atoms with Crippen molar-refractivity contribution >= 4 is 27.1 Å². The summed E-state index contributed by atoms with van der Waals surface area (Å²) in [4.78, 5) is 37.3. The summed E-state index contributed by atoms with van der Waals surface area (Å²) in [6.45, 7) is 16.6. The minimum Gasteiger partial charge on any atom is -0.508 e. The van der Waals surface area contributed by atoms with Gasteiger partial charge in [0.25, 0.3) is 0 Å². The number of nitrogens with two attached hydrogens (primary N) is 1. The van der Waals surface area contributed by atoms with Crippen molar-refractivity contribution in [3.05, 3.63) is 29.3 Å². The van der Waals surface area contributed by atoms with Crippen molar-refractivity contribution in [3.8, 4) is 5.75 Å². The third-order valence-electron chi connectivity index (χ3n) is 6.16. The van der Waals surface area contributed by atoms with Crippen LogP contribution >= 0.6 is 10.0 Å². The maximum absolute atomic E-state index is 13.0. The lowest BCUT2D eigenvalue weighted by Gasteiger charge is -2.36. The molecular formula is C28H49N3O5S. The summed E-state index contributed by atoms with van der Waals surface area (Å²) >= 11 is 0. The van der Waals surface area contributed by atoms with Gasteiger partial charge in [0.2, 0.25) is 11.8 Å². The van der Waals surface area contributed by atoms with Gasteiger partial charge < -0.3 is 26.6 Å². The number of rotatable bonds is 11. The first-order valence-corrected chi connectivity index (χ1v) is 15.1. The maximum atomic E-state index is 13.0. The molecule has 2 atom stereocenters. The number of phenols is 1. The first-order chi connectivity index (χ1) is 16.6. The average molecular weight is 540 g/mol. The van der Waals surface area contributed by atoms with Gasteiger partial charge in [0.05, 0.1) is 0 Å². The zero-order chi connectivity index (χ0) is 28.8. The van der Waals surface area contributed by atoms with Gasteiger partial charge >= 0.3 is 5.30 Å². The summed E-state index contributed by atoms with van der Waals surface area (Å²) in [6, 6.07) is 5.05. The minimum atomic E-state index is -2.11. The van der Waals surface area contributed by atoms with E-state index in [-0.39, 0.29) is 53.0 Å². The standard InChI is InChI=1S/C28H49N3O5S/c1-26(2,3)15-21(27(4,5)6)24(34)31-16-19-10-11-22(32)20(14-19)17-30-23(33)12-13-37(9,25(35)36)18-28(7,8)29/h10-11,14,21,32H,12-13,15-18,29H2,1-9H3,(H,30,33)(H,31,34)(H,35,36). The lowest BCUT2D eigenvalue weighted by atomic mass is 9.71. The van der Waals surface area contributed by atoms with Crippen molar-refractivity contribution in [2.75, 3.05) is 17.8 Å². The SMILES string of the molecule is CC(C)(C)CC(C(=O)NCc1ccc(O)c(CNC(=O)CCS(C)(CC(C)(C)N)C(=O)O)c1)C(C)(C)C. The fraction of sp³-hybridized carbons (Fsp3) is 0.679. The van der Waals surface area contributed by atoms with Gasteiger partial charge in [-0.3, -0.25) is 9.59 Å². The molecule has 2 amide bonds. The zero-order valence-electron chi connectivity index (χ0n) is 24.2. The molecule has 0 aromatic heterocycles. The fourth-order valence-electron chi connectivity index (χ4n) is 4.25. The molecule has 1 rings (SSSR count). The van der Waals surface area contributed by atoms with Crippen LogP contribution in [0.2, 0.25) is 0 Å². The molecule has 0 spiro atoms. The van der Waals surface area contributed by atoms with Gasteiger partial charge in [0.15, 0.2) is 0 Å². The van der Waals surface area contributed by atoms with E-state index >= 15 is 0 Å². The summed E-state index contributed by atoms with van der Waals surface area (Å²) in [5.41, 5.74) is 6.58. The Morgan fingerprint density at radius 3 is 2.08 bits per heavy atom. The molecule has 9 heteroatoms. The Morgan fingerprint density at radius 2 is 1.59 bits per heavy atom. The number of hydrogen-bond donors (Lipinski definition) is 5. The highest BCUT2D eigenvalue weighted by Crippen LogP contribution is 2.47. The molecule has 212 valence electrons. The molecule has 6 N–H and O–H groups in total. The van der Waals surface area contributed by atoms with Crippen LogP contribution in [0.1, 0.15) is 79.4 Å². The molecule has 1 aromatic rings. The molecule has 0 saturated carbocycles. The van der Waals surface area contributed by atoms with Crippen molar-refractivity contribution in [3.63, 3.8) is 0 Å². The largest absolute Gasteiger partial charge is 0.508 e. The van der Waals surface area contributed by atoms with E-state index in [9.17, 15) is 24.6 Å². The van der Waals surface area contributed by atoms with E-state index in [2.05, 4.69) is 52.2 Å². The lowest BCUT2D eigenvalue weighted by Crippen LogP contribution is -2.41. The summed E-state index contributed by atoms with van der Waals surface area (Å²) in [7, 11) is -2.11. The third kappa shape index (κ3) is 11.8. The molecule has 0 heterocycles. The van der Waals surface area contributed by atoms with E-state index in [1.54, 1.807) is 38.3 Å². The number of hydrogen-bond acceptors (Lipinski definition) is 5. The van der Waals surface area contributed by atoms with Gasteiger partial charge in [-0.2, -0.15) is 0 Å².